The van der Waals surface area contributed by atoms with Gasteiger partial charge in [0, 0.05) is 120 Å². The molecule has 0 atom stereocenters. The molecule has 0 bridgehead atoms. The van der Waals surface area contributed by atoms with Gasteiger partial charge in [-0.25, -0.2) is 0 Å². The van der Waals surface area contributed by atoms with Crippen molar-refractivity contribution in [2.45, 2.75) is 53.0 Å². The van der Waals surface area contributed by atoms with Crippen molar-refractivity contribution in [3.05, 3.63) is 167 Å². The summed E-state index contributed by atoms with van der Waals surface area (Å²) in [5.41, 5.74) is 12.8. The van der Waals surface area contributed by atoms with Crippen LogP contribution in [-0.4, -0.2) is 147 Å². The predicted molar refractivity (Wildman–Crippen MR) is 291 cm³/mol. The van der Waals surface area contributed by atoms with Gasteiger partial charge in [-0.15, -0.1) is 13.2 Å². The lowest BCUT2D eigenvalue weighted by Crippen LogP contribution is -2.49. The highest BCUT2D eigenvalue weighted by Crippen LogP contribution is 2.28. The first-order chi connectivity index (χ1) is 33.6. The Kier molecular flexibility index (Phi) is 18.8. The van der Waals surface area contributed by atoms with Gasteiger partial charge in [0.2, 0.25) is 0 Å². The third-order valence-electron chi connectivity index (χ3n) is 14.8. The highest BCUT2D eigenvalue weighted by atomic mass is 16.5. The van der Waals surface area contributed by atoms with E-state index in [0.29, 0.717) is 0 Å². The van der Waals surface area contributed by atoms with Crippen molar-refractivity contribution in [1.82, 2.24) is 34.4 Å². The Hall–Kier alpha value is -5.55. The number of fused-ring (bicyclic) bond motifs is 2. The summed E-state index contributed by atoms with van der Waals surface area (Å²) in [4.78, 5) is 25.5. The Morgan fingerprint density at radius 3 is 2.06 bits per heavy atom. The number of carbonyl (C=O) groups is 1. The first-order valence-electron chi connectivity index (χ1n) is 25.5. The van der Waals surface area contributed by atoms with Crippen LogP contribution in [0.5, 0.6) is 5.75 Å². The van der Waals surface area contributed by atoms with Crippen molar-refractivity contribution >= 4 is 33.7 Å². The minimum atomic E-state index is 0.138. The minimum Gasteiger partial charge on any atom is -0.497 e. The largest absolute Gasteiger partial charge is 0.497 e. The smallest absolute Gasteiger partial charge is 0.253 e. The van der Waals surface area contributed by atoms with Gasteiger partial charge in [0.05, 0.1) is 7.11 Å². The molecule has 4 heterocycles. The van der Waals surface area contributed by atoms with Gasteiger partial charge in [-0.2, -0.15) is 0 Å². The molecule has 0 unspecified atom stereocenters. The fourth-order valence-corrected chi connectivity index (χ4v) is 10.2. The second-order valence-corrected chi connectivity index (χ2v) is 19.2. The van der Waals surface area contributed by atoms with Gasteiger partial charge in [0.25, 0.3) is 5.91 Å². The van der Waals surface area contributed by atoms with E-state index >= 15 is 0 Å². The molecule has 3 aliphatic rings. The van der Waals surface area contributed by atoms with Crippen LogP contribution in [0.3, 0.4) is 0 Å². The molecule has 0 spiro atoms. The molecule has 0 radical (unpaired) electrons. The van der Waals surface area contributed by atoms with E-state index in [-0.39, 0.29) is 5.91 Å². The van der Waals surface area contributed by atoms with E-state index in [1.54, 1.807) is 7.11 Å². The summed E-state index contributed by atoms with van der Waals surface area (Å²) in [6.45, 7) is 33.6. The number of hydrogen-bond acceptors (Lipinski definition) is 7. The average Bonchev–Trinajstić information content (AvgIpc) is 3.63. The molecule has 366 valence electrons. The summed E-state index contributed by atoms with van der Waals surface area (Å²) in [5, 5.41) is 7.25. The molecule has 9 heteroatoms. The molecular formula is C60H79N7O2. The number of piperazine rings is 3. The molecular weight excluding hydrogens is 851 g/mol. The summed E-state index contributed by atoms with van der Waals surface area (Å²) in [7, 11) is 3.94. The number of nitrogens with zero attached hydrogens (tertiary/aromatic N) is 6. The molecule has 0 saturated carbocycles. The van der Waals surface area contributed by atoms with Crippen molar-refractivity contribution in [1.29, 1.82) is 0 Å². The van der Waals surface area contributed by atoms with Crippen molar-refractivity contribution < 1.29 is 9.53 Å². The number of methoxy groups -OCH3 is 1. The van der Waals surface area contributed by atoms with Gasteiger partial charge >= 0.3 is 0 Å². The van der Waals surface area contributed by atoms with E-state index in [0.717, 1.165) is 82.9 Å². The zero-order valence-corrected chi connectivity index (χ0v) is 42.6. The average molecular weight is 930 g/mol. The molecule has 3 saturated heterocycles. The lowest BCUT2D eigenvalue weighted by molar-refractivity contribution is 0.0638. The second kappa shape index (κ2) is 25.3. The highest BCUT2D eigenvalue weighted by Gasteiger charge is 2.23. The first kappa shape index (κ1) is 51.3. The zero-order chi connectivity index (χ0) is 48.7. The van der Waals surface area contributed by atoms with Crippen LogP contribution in [0, 0.1) is 20.8 Å². The van der Waals surface area contributed by atoms with Crippen LogP contribution in [0.15, 0.2) is 117 Å². The number of rotatable bonds is 15. The summed E-state index contributed by atoms with van der Waals surface area (Å²) >= 11 is 0. The topological polar surface area (TPSA) is 59.5 Å². The van der Waals surface area contributed by atoms with E-state index in [9.17, 15) is 4.79 Å². The zero-order valence-electron chi connectivity index (χ0n) is 42.6. The number of likely N-dealkylation sites (N-methyl/N-ethyl adjacent to an activating group) is 1. The summed E-state index contributed by atoms with van der Waals surface area (Å²) in [6.07, 6.45) is 6.11. The SMILES string of the molecule is C=C.C=Cc1cc(CCN2CCNCC2)ccc1C.COc1ccc2cccc(CCN3CCN(C(=O)c4ccc(Cc5ccc6c(c5)c(C)c(C)n6CCCN5CCN(C)CC5)cc4)CC3)c2c1. The molecule has 1 aromatic heterocycles. The molecule has 3 aliphatic heterocycles. The van der Waals surface area contributed by atoms with Crippen molar-refractivity contribution in [2.24, 2.45) is 0 Å². The fourth-order valence-electron chi connectivity index (χ4n) is 10.2. The third kappa shape index (κ3) is 13.6. The van der Waals surface area contributed by atoms with Gasteiger partial charge < -0.3 is 34.2 Å². The van der Waals surface area contributed by atoms with Crippen LogP contribution in [0.1, 0.15) is 61.4 Å². The predicted octanol–water partition coefficient (Wildman–Crippen LogP) is 9.54. The Morgan fingerprint density at radius 2 is 1.33 bits per heavy atom. The van der Waals surface area contributed by atoms with Gasteiger partial charge in [0.1, 0.15) is 5.75 Å². The number of amides is 1. The quantitative estimate of drug-likeness (QED) is 0.103. The van der Waals surface area contributed by atoms with Crippen LogP contribution in [-0.2, 0) is 25.8 Å². The Labute approximate surface area is 414 Å². The van der Waals surface area contributed by atoms with E-state index < -0.39 is 0 Å². The van der Waals surface area contributed by atoms with Crippen LogP contribution >= 0.6 is 0 Å². The second-order valence-electron chi connectivity index (χ2n) is 19.2. The molecule has 69 heavy (non-hydrogen) atoms. The summed E-state index contributed by atoms with van der Waals surface area (Å²) in [5.74, 6) is 1.03. The lowest BCUT2D eigenvalue weighted by Gasteiger charge is -2.35. The Bertz CT molecular complexity index is 2600. The van der Waals surface area contributed by atoms with E-state index in [1.165, 1.54) is 125 Å². The van der Waals surface area contributed by atoms with Crippen molar-refractivity contribution in [2.75, 3.05) is 112 Å². The van der Waals surface area contributed by atoms with E-state index in [2.05, 4.69) is 156 Å². The molecule has 6 aromatic rings. The molecule has 0 aliphatic carbocycles. The minimum absolute atomic E-state index is 0.138. The number of aryl methyl sites for hydroxylation is 3. The maximum Gasteiger partial charge on any atom is 0.253 e. The highest BCUT2D eigenvalue weighted by molar-refractivity contribution is 5.94. The first-order valence-corrected chi connectivity index (χ1v) is 25.5. The third-order valence-corrected chi connectivity index (χ3v) is 14.8. The molecule has 1 amide bonds. The van der Waals surface area contributed by atoms with E-state index in [1.807, 2.05) is 29.2 Å². The number of nitrogens with one attached hydrogen (secondary N) is 1. The molecule has 9 rings (SSSR count). The normalized spacial score (nSPS) is 16.2. The molecule has 3 fully saturated rings. The number of aromatic nitrogens is 1. The summed E-state index contributed by atoms with van der Waals surface area (Å²) in [6, 6.07) is 34.8. The Morgan fingerprint density at radius 1 is 0.667 bits per heavy atom. The van der Waals surface area contributed by atoms with Gasteiger partial charge in [-0.05, 0) is 146 Å². The standard InChI is InChI=1S/C43H53N5O2.C15H22N2.C2H4/c1-32-33(2)48(19-6-18-45-23-21-44(3)22-24-45)42-16-11-35(30-40(32)42)29-34-9-12-38(13-10-34)43(49)47-27-25-46(26-28-47)20-17-37-8-5-7-36-14-15-39(50-4)31-41(36)37;1-3-15-12-14(5-4-13(15)2)6-9-17-10-7-16-8-11-17;1-2/h5,7-16,30-31H,6,17-29H2,1-4H3;3-5,12,16H,1,6-11H2,2H3;1-2H2. The monoisotopic (exact) mass is 930 g/mol. The Balaban J connectivity index is 0.000000310. The lowest BCUT2D eigenvalue weighted by atomic mass is 10.0. The molecule has 9 nitrogen and oxygen atoms in total. The van der Waals surface area contributed by atoms with Gasteiger partial charge in [-0.1, -0.05) is 73.3 Å². The fraction of sp³-hybridized carbons (Fsp3) is 0.417. The summed E-state index contributed by atoms with van der Waals surface area (Å²) < 4.78 is 7.99. The van der Waals surface area contributed by atoms with Crippen LogP contribution in [0.2, 0.25) is 0 Å². The number of carbonyl (C=O) groups excluding carboxylic acids is 1. The maximum absolute atomic E-state index is 13.4. The van der Waals surface area contributed by atoms with Crippen molar-refractivity contribution in [3.63, 3.8) is 0 Å². The number of hydrogen-bond donors (Lipinski definition) is 1. The maximum atomic E-state index is 13.4. The van der Waals surface area contributed by atoms with Gasteiger partial charge in [-0.3, -0.25) is 9.69 Å². The van der Waals surface area contributed by atoms with Crippen LogP contribution in [0.4, 0.5) is 0 Å². The van der Waals surface area contributed by atoms with Crippen molar-refractivity contribution in [3.8, 4) is 5.75 Å². The van der Waals surface area contributed by atoms with Crippen LogP contribution in [0.25, 0.3) is 27.8 Å². The molecule has 5 aromatic carbocycles. The van der Waals surface area contributed by atoms with Crippen LogP contribution < -0.4 is 10.1 Å². The number of benzene rings is 5. The number of ether oxygens (including phenoxy) is 1. The van der Waals surface area contributed by atoms with E-state index in [4.69, 9.17) is 4.74 Å². The van der Waals surface area contributed by atoms with Gasteiger partial charge in [0.15, 0.2) is 0 Å². The molecule has 1 N–H and O–H groups in total.